The van der Waals surface area contributed by atoms with E-state index in [1.165, 1.54) is 18.2 Å². The molecule has 1 saturated carbocycles. The van der Waals surface area contributed by atoms with E-state index in [4.69, 9.17) is 11.6 Å². The molecule has 1 aromatic carbocycles. The van der Waals surface area contributed by atoms with Gasteiger partial charge in [-0.1, -0.05) is 18.5 Å². The SMILES string of the molecule is C[C@H]1C[C@H]1C(=O)NCCC(=O)Nc1cc(Cl)ccc1F. The van der Waals surface area contributed by atoms with Gasteiger partial charge in [0.2, 0.25) is 11.8 Å². The monoisotopic (exact) mass is 298 g/mol. The first-order valence-electron chi connectivity index (χ1n) is 6.50. The van der Waals surface area contributed by atoms with Gasteiger partial charge < -0.3 is 10.6 Å². The van der Waals surface area contributed by atoms with Gasteiger partial charge in [0.05, 0.1) is 5.69 Å². The molecule has 20 heavy (non-hydrogen) atoms. The smallest absolute Gasteiger partial charge is 0.226 e. The van der Waals surface area contributed by atoms with Gasteiger partial charge in [0, 0.05) is 23.9 Å². The van der Waals surface area contributed by atoms with Gasteiger partial charge in [-0.15, -0.1) is 0 Å². The molecule has 0 radical (unpaired) electrons. The van der Waals surface area contributed by atoms with Crippen LogP contribution in [0.3, 0.4) is 0 Å². The molecule has 1 aliphatic rings. The number of halogens is 2. The first-order chi connectivity index (χ1) is 9.47. The molecule has 2 rings (SSSR count). The predicted molar refractivity (Wildman–Crippen MR) is 74.9 cm³/mol. The van der Waals surface area contributed by atoms with Crippen molar-refractivity contribution in [1.29, 1.82) is 0 Å². The van der Waals surface area contributed by atoms with Gasteiger partial charge >= 0.3 is 0 Å². The van der Waals surface area contributed by atoms with Crippen LogP contribution in [0, 0.1) is 17.7 Å². The fourth-order valence-corrected chi connectivity index (χ4v) is 2.10. The third-order valence-electron chi connectivity index (χ3n) is 3.30. The van der Waals surface area contributed by atoms with Crippen LogP contribution in [-0.4, -0.2) is 18.4 Å². The predicted octanol–water partition coefficient (Wildman–Crippen LogP) is 2.58. The maximum Gasteiger partial charge on any atom is 0.226 e. The lowest BCUT2D eigenvalue weighted by atomic mass is 10.3. The van der Waals surface area contributed by atoms with E-state index in [-0.39, 0.29) is 36.4 Å². The zero-order valence-electron chi connectivity index (χ0n) is 11.1. The van der Waals surface area contributed by atoms with Gasteiger partial charge in [-0.3, -0.25) is 9.59 Å². The molecule has 1 aliphatic carbocycles. The summed E-state index contributed by atoms with van der Waals surface area (Å²) in [6, 6.07) is 3.94. The molecule has 1 aromatic rings. The number of anilines is 1. The van der Waals surface area contributed by atoms with E-state index in [1.807, 2.05) is 6.92 Å². The van der Waals surface area contributed by atoms with Crippen molar-refractivity contribution in [3.63, 3.8) is 0 Å². The van der Waals surface area contributed by atoms with E-state index in [0.29, 0.717) is 10.9 Å². The zero-order valence-corrected chi connectivity index (χ0v) is 11.8. The molecule has 0 bridgehead atoms. The van der Waals surface area contributed by atoms with Gasteiger partial charge in [-0.25, -0.2) is 4.39 Å². The van der Waals surface area contributed by atoms with Crippen molar-refractivity contribution in [1.82, 2.24) is 5.32 Å². The Balaban J connectivity index is 1.75. The number of hydrogen-bond acceptors (Lipinski definition) is 2. The number of rotatable bonds is 5. The van der Waals surface area contributed by atoms with Crippen LogP contribution in [0.4, 0.5) is 10.1 Å². The van der Waals surface area contributed by atoms with Crippen LogP contribution < -0.4 is 10.6 Å². The lowest BCUT2D eigenvalue weighted by Crippen LogP contribution is -2.29. The van der Waals surface area contributed by atoms with E-state index < -0.39 is 5.82 Å². The number of carbonyl (C=O) groups is 2. The molecule has 2 amide bonds. The van der Waals surface area contributed by atoms with Crippen molar-refractivity contribution in [2.75, 3.05) is 11.9 Å². The molecule has 0 heterocycles. The van der Waals surface area contributed by atoms with Gasteiger partial charge in [0.25, 0.3) is 0 Å². The third kappa shape index (κ3) is 3.93. The van der Waals surface area contributed by atoms with Crippen LogP contribution in [0.25, 0.3) is 0 Å². The van der Waals surface area contributed by atoms with Crippen LogP contribution in [0.1, 0.15) is 19.8 Å². The molecule has 0 aromatic heterocycles. The van der Waals surface area contributed by atoms with E-state index in [0.717, 1.165) is 6.42 Å². The van der Waals surface area contributed by atoms with Crippen LogP contribution in [-0.2, 0) is 9.59 Å². The second-order valence-electron chi connectivity index (χ2n) is 5.03. The second kappa shape index (κ2) is 6.22. The Morgan fingerprint density at radius 2 is 2.15 bits per heavy atom. The Bertz CT molecular complexity index is 536. The van der Waals surface area contributed by atoms with Crippen LogP contribution >= 0.6 is 11.6 Å². The Kier molecular flexibility index (Phi) is 4.60. The summed E-state index contributed by atoms with van der Waals surface area (Å²) in [6.45, 7) is 2.26. The summed E-state index contributed by atoms with van der Waals surface area (Å²) < 4.78 is 13.4. The highest BCUT2D eigenvalue weighted by Gasteiger charge is 2.38. The molecule has 0 aliphatic heterocycles. The molecule has 0 unspecified atom stereocenters. The van der Waals surface area contributed by atoms with Crippen LogP contribution in [0.5, 0.6) is 0 Å². The summed E-state index contributed by atoms with van der Waals surface area (Å²) in [7, 11) is 0. The van der Waals surface area contributed by atoms with E-state index >= 15 is 0 Å². The number of nitrogens with one attached hydrogen (secondary N) is 2. The summed E-state index contributed by atoms with van der Waals surface area (Å²) in [5.41, 5.74) is 0.0460. The zero-order chi connectivity index (χ0) is 14.7. The summed E-state index contributed by atoms with van der Waals surface area (Å²) in [4.78, 5) is 23.2. The van der Waals surface area contributed by atoms with E-state index in [9.17, 15) is 14.0 Å². The van der Waals surface area contributed by atoms with Crippen molar-refractivity contribution < 1.29 is 14.0 Å². The quantitative estimate of drug-likeness (QED) is 0.878. The van der Waals surface area contributed by atoms with Crippen LogP contribution in [0.15, 0.2) is 18.2 Å². The van der Waals surface area contributed by atoms with Crippen molar-refractivity contribution in [2.45, 2.75) is 19.8 Å². The van der Waals surface area contributed by atoms with Crippen molar-refractivity contribution in [3.05, 3.63) is 29.0 Å². The number of benzene rings is 1. The molecule has 108 valence electrons. The normalized spacial score (nSPS) is 20.4. The van der Waals surface area contributed by atoms with Crippen molar-refractivity contribution in [3.8, 4) is 0 Å². The van der Waals surface area contributed by atoms with Gasteiger partial charge in [0.15, 0.2) is 0 Å². The lowest BCUT2D eigenvalue weighted by Gasteiger charge is -2.07. The molecule has 4 nitrogen and oxygen atoms in total. The Morgan fingerprint density at radius 1 is 1.45 bits per heavy atom. The average Bonchev–Trinajstić information content (AvgIpc) is 3.11. The highest BCUT2D eigenvalue weighted by atomic mass is 35.5. The fourth-order valence-electron chi connectivity index (χ4n) is 1.92. The molecule has 2 N–H and O–H groups in total. The standard InChI is InChI=1S/C14H16ClFN2O2/c1-8-6-10(8)14(20)17-5-4-13(19)18-12-7-9(15)2-3-11(12)16/h2-3,7-8,10H,4-6H2,1H3,(H,17,20)(H,18,19)/t8-,10+/m0/s1. The number of carbonyl (C=O) groups excluding carboxylic acids is 2. The largest absolute Gasteiger partial charge is 0.355 e. The molecular formula is C14H16ClFN2O2. The lowest BCUT2D eigenvalue weighted by molar-refractivity contribution is -0.122. The summed E-state index contributed by atoms with van der Waals surface area (Å²) >= 11 is 5.73. The molecule has 2 atom stereocenters. The minimum absolute atomic E-state index is 0.0146. The summed E-state index contributed by atoms with van der Waals surface area (Å²) in [5.74, 6) is -0.402. The van der Waals surface area contributed by atoms with Gasteiger partial charge in [-0.05, 0) is 30.5 Å². The minimum Gasteiger partial charge on any atom is -0.355 e. The number of amides is 2. The first kappa shape index (κ1) is 14.8. The van der Waals surface area contributed by atoms with Crippen molar-refractivity contribution in [2.24, 2.45) is 11.8 Å². The Morgan fingerprint density at radius 3 is 2.80 bits per heavy atom. The minimum atomic E-state index is -0.543. The average molecular weight is 299 g/mol. The topological polar surface area (TPSA) is 58.2 Å². The van der Waals surface area contributed by atoms with Crippen molar-refractivity contribution >= 4 is 29.1 Å². The third-order valence-corrected chi connectivity index (χ3v) is 3.54. The summed E-state index contributed by atoms with van der Waals surface area (Å²) in [6.07, 6.45) is 1.00. The maximum atomic E-state index is 13.4. The van der Waals surface area contributed by atoms with Crippen LogP contribution in [0.2, 0.25) is 5.02 Å². The summed E-state index contributed by atoms with van der Waals surface area (Å²) in [5, 5.41) is 5.47. The molecule has 0 saturated heterocycles. The van der Waals surface area contributed by atoms with E-state index in [1.54, 1.807) is 0 Å². The fraction of sp³-hybridized carbons (Fsp3) is 0.429. The highest BCUT2D eigenvalue weighted by molar-refractivity contribution is 6.30. The molecular weight excluding hydrogens is 283 g/mol. The van der Waals surface area contributed by atoms with Gasteiger partial charge in [-0.2, -0.15) is 0 Å². The van der Waals surface area contributed by atoms with Gasteiger partial charge in [0.1, 0.15) is 5.82 Å². The molecule has 0 spiro atoms. The maximum absolute atomic E-state index is 13.4. The first-order valence-corrected chi connectivity index (χ1v) is 6.88. The number of hydrogen-bond donors (Lipinski definition) is 2. The molecule has 6 heteroatoms. The Hall–Kier alpha value is -1.62. The second-order valence-corrected chi connectivity index (χ2v) is 5.47. The van der Waals surface area contributed by atoms with E-state index in [2.05, 4.69) is 10.6 Å². The molecule has 1 fully saturated rings. The Labute approximate surface area is 121 Å². The highest BCUT2D eigenvalue weighted by Crippen LogP contribution is 2.37.